The fourth-order valence-electron chi connectivity index (χ4n) is 8.84. The maximum atomic E-state index is 14.9. The van der Waals surface area contributed by atoms with E-state index in [1.165, 1.54) is 40.0 Å². The van der Waals surface area contributed by atoms with Crippen LogP contribution in [0.4, 0.5) is 0 Å². The molecule has 4 aliphatic rings. The highest BCUT2D eigenvalue weighted by Gasteiger charge is 2.51. The Morgan fingerprint density at radius 3 is 2.21 bits per heavy atom. The smallest absolute Gasteiger partial charge is 0.287 e. The summed E-state index contributed by atoms with van der Waals surface area (Å²) in [5, 5.41) is 24.6. The SMILES string of the molecule is CC(C)(O)c1cnnn1[C@@H]1C[C@@H](C(=O)NC2(C(=O)C(N)=O)CCS(O)(O)CC2)N(C(=O)C(CC2CCCCC2)NC(=O)c2ccc(S(=O)(=O)NC3CCCC3)cc2)C1. The molecule has 8 N–H and O–H groups in total. The molecule has 1 aromatic heterocycles. The van der Waals surface area contributed by atoms with Crippen molar-refractivity contribution in [3.8, 4) is 0 Å². The van der Waals surface area contributed by atoms with Crippen LogP contribution in [-0.2, 0) is 34.8 Å². The summed E-state index contributed by atoms with van der Waals surface area (Å²) in [6.07, 6.45) is 9.10. The zero-order chi connectivity index (χ0) is 42.0. The molecule has 58 heavy (non-hydrogen) atoms. The number of aliphatic hydroxyl groups is 1. The summed E-state index contributed by atoms with van der Waals surface area (Å²) >= 11 is 0. The van der Waals surface area contributed by atoms with Gasteiger partial charge in [-0.05, 0) is 76.1 Å². The first kappa shape index (κ1) is 43.6. The summed E-state index contributed by atoms with van der Waals surface area (Å²) in [7, 11) is -6.87. The Morgan fingerprint density at radius 2 is 1.60 bits per heavy atom. The molecule has 4 fully saturated rings. The maximum absolute atomic E-state index is 14.9. The summed E-state index contributed by atoms with van der Waals surface area (Å²) in [5.41, 5.74) is 2.62. The molecule has 2 saturated carbocycles. The first-order chi connectivity index (χ1) is 27.3. The monoisotopic (exact) mass is 848 g/mol. The zero-order valence-corrected chi connectivity index (χ0v) is 34.6. The molecular weight excluding hydrogens is 793 g/mol. The molecule has 3 heterocycles. The fourth-order valence-corrected chi connectivity index (χ4v) is 11.7. The van der Waals surface area contributed by atoms with Crippen molar-refractivity contribution in [2.75, 3.05) is 18.1 Å². The largest absolute Gasteiger partial charge is 0.384 e. The minimum atomic E-state index is -3.81. The van der Waals surface area contributed by atoms with Crippen LogP contribution in [0.25, 0.3) is 0 Å². The second-order valence-corrected chi connectivity index (χ2v) is 21.0. The van der Waals surface area contributed by atoms with Gasteiger partial charge >= 0.3 is 0 Å². The molecule has 0 radical (unpaired) electrons. The Morgan fingerprint density at radius 1 is 0.983 bits per heavy atom. The van der Waals surface area contributed by atoms with E-state index in [0.29, 0.717) is 5.69 Å². The Balaban J connectivity index is 1.29. The highest BCUT2D eigenvalue weighted by atomic mass is 32.3. The van der Waals surface area contributed by atoms with Crippen LogP contribution < -0.4 is 21.1 Å². The lowest BCUT2D eigenvalue weighted by Gasteiger charge is -2.45. The number of Topliss-reactive ketones (excluding diaryl/α,β-unsaturated/α-hetero) is 1. The predicted octanol–water partition coefficient (Wildman–Crippen LogP) is 2.09. The summed E-state index contributed by atoms with van der Waals surface area (Å²) in [6, 6.07) is 2.26. The van der Waals surface area contributed by atoms with E-state index in [0.717, 1.165) is 57.8 Å². The van der Waals surface area contributed by atoms with Crippen molar-refractivity contribution in [1.29, 1.82) is 0 Å². The van der Waals surface area contributed by atoms with Gasteiger partial charge in [-0.25, -0.2) is 17.8 Å². The van der Waals surface area contributed by atoms with Gasteiger partial charge in [0.05, 0.1) is 22.8 Å². The van der Waals surface area contributed by atoms with E-state index < -0.39 is 79.3 Å². The summed E-state index contributed by atoms with van der Waals surface area (Å²) in [4.78, 5) is 70.0. The van der Waals surface area contributed by atoms with E-state index >= 15 is 0 Å². The predicted molar refractivity (Wildman–Crippen MR) is 213 cm³/mol. The second kappa shape index (κ2) is 17.3. The number of aromatic nitrogens is 3. The van der Waals surface area contributed by atoms with E-state index in [1.807, 2.05) is 0 Å². The number of primary amides is 1. The van der Waals surface area contributed by atoms with Gasteiger partial charge in [-0.15, -0.1) is 5.10 Å². The quantitative estimate of drug-likeness (QED) is 0.135. The zero-order valence-electron chi connectivity index (χ0n) is 33.0. The lowest BCUT2D eigenvalue weighted by atomic mass is 9.84. The summed E-state index contributed by atoms with van der Waals surface area (Å²) in [6.45, 7) is 2.99. The maximum Gasteiger partial charge on any atom is 0.287 e. The van der Waals surface area contributed by atoms with Crippen LogP contribution >= 0.6 is 10.6 Å². The van der Waals surface area contributed by atoms with Gasteiger partial charge in [0.15, 0.2) is 0 Å². The van der Waals surface area contributed by atoms with Gasteiger partial charge in [0.2, 0.25) is 27.6 Å². The lowest BCUT2D eigenvalue weighted by Crippen LogP contribution is -2.64. The van der Waals surface area contributed by atoms with E-state index in [9.17, 15) is 46.6 Å². The number of likely N-dealkylation sites (tertiary alicyclic amines) is 1. The molecule has 0 spiro atoms. The molecule has 1 aromatic carbocycles. The number of amides is 4. The van der Waals surface area contributed by atoms with Gasteiger partial charge in [-0.2, -0.15) is 10.6 Å². The number of hydrogen-bond acceptors (Lipinski definition) is 12. The molecule has 0 bridgehead atoms. The average molecular weight is 849 g/mol. The minimum Gasteiger partial charge on any atom is -0.384 e. The van der Waals surface area contributed by atoms with Gasteiger partial charge in [-0.1, -0.05) is 50.2 Å². The standard InChI is InChI=1S/C38H56N8O10S2/c1-37(2,52)31-22-40-44-46(31)27-21-30(35(50)42-38(32(47)33(39)48)16-18-57(53,54)19-17-38)45(23-27)36(51)29(20-24-8-4-3-5-9-24)41-34(49)25-12-14-28(15-13-25)58(55,56)43-26-10-6-7-11-26/h12-15,22,24,26-27,29-30,43,52-54H,3-11,16-21,23H2,1-2H3,(H2,39,48)(H,41,49)(H,42,50)/t27-,29?,30+/m1/s1. The molecule has 3 atom stereocenters. The van der Waals surface area contributed by atoms with Crippen molar-refractivity contribution >= 4 is 50.0 Å². The highest BCUT2D eigenvalue weighted by Crippen LogP contribution is 2.47. The number of rotatable bonds is 14. The normalized spacial score (nSPS) is 23.8. The van der Waals surface area contributed by atoms with Crippen LogP contribution in [0.5, 0.6) is 0 Å². The molecule has 320 valence electrons. The summed E-state index contributed by atoms with van der Waals surface area (Å²) < 4.78 is 50.9. The third kappa shape index (κ3) is 9.90. The minimum absolute atomic E-state index is 0.0110. The van der Waals surface area contributed by atoms with Gasteiger partial charge in [0.25, 0.3) is 11.8 Å². The first-order valence-electron chi connectivity index (χ1n) is 20.1. The molecule has 6 rings (SSSR count). The molecule has 2 aliphatic heterocycles. The first-order valence-corrected chi connectivity index (χ1v) is 23.4. The number of nitrogens with zero attached hydrogens (tertiary/aromatic N) is 4. The van der Waals surface area contributed by atoms with Crippen molar-refractivity contribution in [3.63, 3.8) is 0 Å². The van der Waals surface area contributed by atoms with Crippen LogP contribution in [-0.4, -0.2) is 114 Å². The van der Waals surface area contributed by atoms with Crippen molar-refractivity contribution in [2.45, 2.75) is 138 Å². The van der Waals surface area contributed by atoms with Crippen LogP contribution in [0.1, 0.15) is 119 Å². The highest BCUT2D eigenvalue weighted by molar-refractivity contribution is 8.24. The molecule has 2 aromatic rings. The molecular formula is C38H56N8O10S2. The van der Waals surface area contributed by atoms with Crippen LogP contribution in [0, 0.1) is 5.92 Å². The molecule has 20 heteroatoms. The number of nitrogens with two attached hydrogens (primary N) is 1. The molecule has 18 nitrogen and oxygen atoms in total. The number of benzene rings is 1. The third-order valence-electron chi connectivity index (χ3n) is 12.1. The number of carbonyl (C=O) groups excluding carboxylic acids is 5. The lowest BCUT2D eigenvalue weighted by molar-refractivity contribution is -0.145. The Hall–Kier alpha value is -3.95. The van der Waals surface area contributed by atoms with Crippen molar-refractivity contribution in [2.24, 2.45) is 11.7 Å². The Bertz CT molecular complexity index is 1960. The summed E-state index contributed by atoms with van der Waals surface area (Å²) in [5.74, 6) is -4.83. The van der Waals surface area contributed by atoms with Gasteiger partial charge in [0, 0.05) is 36.1 Å². The molecule has 4 amide bonds. The topological polar surface area (TPSA) is 276 Å². The average Bonchev–Trinajstić information content (AvgIpc) is 3.97. The van der Waals surface area contributed by atoms with Crippen molar-refractivity contribution < 1.29 is 46.6 Å². The van der Waals surface area contributed by atoms with Crippen molar-refractivity contribution in [1.82, 2.24) is 35.2 Å². The number of carbonyl (C=O) groups is 5. The van der Waals surface area contributed by atoms with E-state index in [2.05, 4.69) is 25.7 Å². The molecule has 2 aliphatic carbocycles. The van der Waals surface area contributed by atoms with Gasteiger partial charge < -0.3 is 26.4 Å². The fraction of sp³-hybridized carbons (Fsp3) is 0.658. The number of hydrogen-bond donors (Lipinski definition) is 7. The van der Waals surface area contributed by atoms with E-state index in [-0.39, 0.29) is 66.2 Å². The second-order valence-electron chi connectivity index (χ2n) is 16.9. The number of sulfonamides is 1. The van der Waals surface area contributed by atoms with Gasteiger partial charge in [-0.3, -0.25) is 33.1 Å². The Kier molecular flexibility index (Phi) is 13.0. The van der Waals surface area contributed by atoms with Crippen LogP contribution in [0.15, 0.2) is 35.4 Å². The van der Waals surface area contributed by atoms with Crippen molar-refractivity contribution in [3.05, 3.63) is 41.7 Å². The van der Waals surface area contributed by atoms with Crippen LogP contribution in [0.2, 0.25) is 0 Å². The van der Waals surface area contributed by atoms with E-state index in [4.69, 9.17) is 5.73 Å². The Labute approximate surface area is 339 Å². The molecule has 1 unspecified atom stereocenters. The third-order valence-corrected chi connectivity index (χ3v) is 15.4. The van der Waals surface area contributed by atoms with Gasteiger partial charge in [0.1, 0.15) is 23.2 Å². The van der Waals surface area contributed by atoms with E-state index in [1.54, 1.807) is 13.8 Å². The molecule has 2 saturated heterocycles. The number of nitrogens with one attached hydrogen (secondary N) is 3. The van der Waals surface area contributed by atoms with Crippen LogP contribution in [0.3, 0.4) is 0 Å². The number of ketones is 1.